The van der Waals surface area contributed by atoms with E-state index >= 15 is 0 Å². The van der Waals surface area contributed by atoms with Gasteiger partial charge in [0.1, 0.15) is 23.7 Å². The smallest absolute Gasteiger partial charge is 0.333 e. The second-order valence-electron chi connectivity index (χ2n) is 11.2. The van der Waals surface area contributed by atoms with Crippen molar-refractivity contribution in [3.63, 3.8) is 0 Å². The Bertz CT molecular complexity index is 1080. The summed E-state index contributed by atoms with van der Waals surface area (Å²) in [6.45, 7) is 21.1. The number of rotatable bonds is 20. The molecular weight excluding hydrogens is 548 g/mol. The number of ether oxygens (including phenoxy) is 6. The summed E-state index contributed by atoms with van der Waals surface area (Å²) in [5, 5.41) is 0. The number of carbonyl (C=O) groups is 2. The minimum absolute atomic E-state index is 0.201. The minimum atomic E-state index is -0.403. The molecule has 0 amide bonds. The van der Waals surface area contributed by atoms with Crippen LogP contribution in [0.4, 0.5) is 0 Å². The molecule has 2 aromatic rings. The number of hydrogen-bond donors (Lipinski definition) is 0. The van der Waals surface area contributed by atoms with Gasteiger partial charge in [-0.1, -0.05) is 51.3 Å². The van der Waals surface area contributed by atoms with Gasteiger partial charge in [0.25, 0.3) is 0 Å². The molecule has 0 bridgehead atoms. The standard InChI is InChI=1S/C35H48O8/c1-25(2)33(36)42-27(5)23-38-19-9-21-40-31-15-11-29(12-16-31)35(7,8)30-13-17-32(18-14-30)41-22-10-20-39-24-28(6)43-34(37)26(3)4/h11-18,27-28H,1,3,9-10,19-24H2,2,4-8H3. The lowest BCUT2D eigenvalue weighted by Crippen LogP contribution is -2.21. The summed E-state index contributed by atoms with van der Waals surface area (Å²) < 4.78 is 33.3. The Labute approximate surface area is 257 Å². The molecule has 236 valence electrons. The number of hydrogen-bond acceptors (Lipinski definition) is 8. The van der Waals surface area contributed by atoms with Crippen LogP contribution in [0.5, 0.6) is 11.5 Å². The molecule has 0 N–H and O–H groups in total. The second kappa shape index (κ2) is 18.1. The van der Waals surface area contributed by atoms with E-state index in [1.54, 1.807) is 27.7 Å². The van der Waals surface area contributed by atoms with Crippen molar-refractivity contribution in [2.24, 2.45) is 0 Å². The third kappa shape index (κ3) is 13.1. The fraction of sp³-hybridized carbons (Fsp3) is 0.486. The van der Waals surface area contributed by atoms with Crippen LogP contribution >= 0.6 is 0 Å². The maximum atomic E-state index is 11.5. The first-order valence-corrected chi connectivity index (χ1v) is 14.7. The van der Waals surface area contributed by atoms with Crippen LogP contribution in [0, 0.1) is 0 Å². The third-order valence-electron chi connectivity index (χ3n) is 6.57. The van der Waals surface area contributed by atoms with E-state index in [1.807, 2.05) is 24.3 Å². The van der Waals surface area contributed by atoms with Gasteiger partial charge >= 0.3 is 11.9 Å². The van der Waals surface area contributed by atoms with Crippen LogP contribution in [-0.2, 0) is 34.0 Å². The first-order valence-electron chi connectivity index (χ1n) is 14.7. The zero-order valence-corrected chi connectivity index (χ0v) is 26.6. The fourth-order valence-electron chi connectivity index (χ4n) is 3.94. The van der Waals surface area contributed by atoms with Crippen LogP contribution in [0.2, 0.25) is 0 Å². The molecule has 0 saturated heterocycles. The molecule has 43 heavy (non-hydrogen) atoms. The van der Waals surface area contributed by atoms with Crippen molar-refractivity contribution in [1.82, 2.24) is 0 Å². The summed E-state index contributed by atoms with van der Waals surface area (Å²) in [6.07, 6.45) is 0.806. The first-order chi connectivity index (χ1) is 20.4. The molecule has 0 heterocycles. The average molecular weight is 597 g/mol. The van der Waals surface area contributed by atoms with Crippen LogP contribution in [0.3, 0.4) is 0 Å². The van der Waals surface area contributed by atoms with Crippen molar-refractivity contribution < 1.29 is 38.0 Å². The molecule has 0 radical (unpaired) electrons. The van der Waals surface area contributed by atoms with E-state index in [9.17, 15) is 9.59 Å². The van der Waals surface area contributed by atoms with Gasteiger partial charge in [0, 0.05) is 42.6 Å². The summed E-state index contributed by atoms with van der Waals surface area (Å²) in [4.78, 5) is 23.0. The molecule has 0 aliphatic carbocycles. The van der Waals surface area contributed by atoms with Crippen LogP contribution in [0.15, 0.2) is 72.8 Å². The Balaban J connectivity index is 1.69. The van der Waals surface area contributed by atoms with Gasteiger partial charge < -0.3 is 28.4 Å². The predicted octanol–water partition coefficient (Wildman–Crippen LogP) is 6.60. The van der Waals surface area contributed by atoms with Crippen molar-refractivity contribution in [3.05, 3.63) is 84.0 Å². The zero-order chi connectivity index (χ0) is 31.8. The van der Waals surface area contributed by atoms with E-state index in [0.29, 0.717) is 50.8 Å². The van der Waals surface area contributed by atoms with Gasteiger partial charge in [0.05, 0.1) is 26.4 Å². The van der Waals surface area contributed by atoms with Crippen LogP contribution in [0.1, 0.15) is 65.5 Å². The third-order valence-corrected chi connectivity index (χ3v) is 6.57. The van der Waals surface area contributed by atoms with Crippen molar-refractivity contribution in [3.8, 4) is 11.5 Å². The van der Waals surface area contributed by atoms with Crippen LogP contribution < -0.4 is 9.47 Å². The van der Waals surface area contributed by atoms with Gasteiger partial charge in [0.15, 0.2) is 0 Å². The molecule has 0 aliphatic heterocycles. The Morgan fingerprint density at radius 1 is 0.651 bits per heavy atom. The lowest BCUT2D eigenvalue weighted by molar-refractivity contribution is -0.147. The number of benzene rings is 2. The van der Waals surface area contributed by atoms with Crippen molar-refractivity contribution >= 4 is 11.9 Å². The van der Waals surface area contributed by atoms with E-state index in [2.05, 4.69) is 51.3 Å². The average Bonchev–Trinajstić information content (AvgIpc) is 2.97. The van der Waals surface area contributed by atoms with Crippen LogP contribution in [-0.4, -0.2) is 63.8 Å². The summed E-state index contributed by atoms with van der Waals surface area (Å²) in [5.41, 5.74) is 2.90. The summed E-state index contributed by atoms with van der Waals surface area (Å²) in [5.74, 6) is 0.801. The molecule has 2 aromatic carbocycles. The highest BCUT2D eigenvalue weighted by molar-refractivity contribution is 5.87. The Hall–Kier alpha value is -3.62. The van der Waals surface area contributed by atoms with E-state index in [0.717, 1.165) is 24.3 Å². The Kier molecular flexibility index (Phi) is 15.0. The molecule has 2 unspecified atom stereocenters. The van der Waals surface area contributed by atoms with Gasteiger partial charge in [-0.2, -0.15) is 0 Å². The molecule has 0 fully saturated rings. The fourth-order valence-corrected chi connectivity index (χ4v) is 3.94. The van der Waals surface area contributed by atoms with Crippen molar-refractivity contribution in [1.29, 1.82) is 0 Å². The van der Waals surface area contributed by atoms with Gasteiger partial charge in [-0.15, -0.1) is 0 Å². The summed E-state index contributed by atoms with van der Waals surface area (Å²) in [6, 6.07) is 16.3. The van der Waals surface area contributed by atoms with Crippen molar-refractivity contribution in [2.75, 3.05) is 39.6 Å². The van der Waals surface area contributed by atoms with E-state index < -0.39 is 11.9 Å². The minimum Gasteiger partial charge on any atom is -0.494 e. The zero-order valence-electron chi connectivity index (χ0n) is 26.6. The highest BCUT2D eigenvalue weighted by atomic mass is 16.6. The summed E-state index contributed by atoms with van der Waals surface area (Å²) >= 11 is 0. The lowest BCUT2D eigenvalue weighted by Gasteiger charge is -2.26. The maximum absolute atomic E-state index is 11.5. The molecule has 2 atom stereocenters. The maximum Gasteiger partial charge on any atom is 0.333 e. The lowest BCUT2D eigenvalue weighted by atomic mass is 9.78. The second-order valence-corrected chi connectivity index (χ2v) is 11.2. The summed E-state index contributed by atoms with van der Waals surface area (Å²) in [7, 11) is 0. The van der Waals surface area contributed by atoms with Crippen molar-refractivity contribution in [2.45, 2.75) is 72.0 Å². The molecule has 8 heteroatoms. The number of esters is 2. The quantitative estimate of drug-likeness (QED) is 0.0960. The molecule has 0 aromatic heterocycles. The topological polar surface area (TPSA) is 89.5 Å². The Morgan fingerprint density at radius 2 is 1.00 bits per heavy atom. The first kappa shape index (κ1) is 35.6. The molecule has 2 rings (SSSR count). The monoisotopic (exact) mass is 596 g/mol. The molecule has 8 nitrogen and oxygen atoms in total. The highest BCUT2D eigenvalue weighted by Crippen LogP contribution is 2.33. The number of carbonyl (C=O) groups excluding carboxylic acids is 2. The van der Waals surface area contributed by atoms with Gasteiger partial charge in [-0.3, -0.25) is 0 Å². The largest absolute Gasteiger partial charge is 0.494 e. The molecule has 0 spiro atoms. The Morgan fingerprint density at radius 3 is 1.33 bits per heavy atom. The predicted molar refractivity (Wildman–Crippen MR) is 168 cm³/mol. The molecule has 0 saturated carbocycles. The SMILES string of the molecule is C=C(C)C(=O)OC(C)COCCCOc1ccc(C(C)(C)c2ccc(OCCCOCC(C)OC(=O)C(=C)C)cc2)cc1. The molecular formula is C35H48O8. The van der Waals surface area contributed by atoms with E-state index in [1.165, 1.54) is 11.1 Å². The van der Waals surface area contributed by atoms with E-state index in [4.69, 9.17) is 28.4 Å². The van der Waals surface area contributed by atoms with Crippen LogP contribution in [0.25, 0.3) is 0 Å². The molecule has 0 aliphatic rings. The normalized spacial score (nSPS) is 12.6. The van der Waals surface area contributed by atoms with Gasteiger partial charge in [0.2, 0.25) is 0 Å². The van der Waals surface area contributed by atoms with E-state index in [-0.39, 0.29) is 17.6 Å². The van der Waals surface area contributed by atoms with Gasteiger partial charge in [-0.25, -0.2) is 9.59 Å². The highest BCUT2D eigenvalue weighted by Gasteiger charge is 2.23. The van der Waals surface area contributed by atoms with Gasteiger partial charge in [-0.05, 0) is 63.1 Å².